The smallest absolute Gasteiger partial charge is 0.237 e. The van der Waals surface area contributed by atoms with Gasteiger partial charge in [0.05, 0.1) is 5.02 Å². The maximum atomic E-state index is 10.6. The number of nitrogens with one attached hydrogen (secondary N) is 1. The van der Waals surface area contributed by atoms with E-state index in [9.17, 15) is 4.79 Å². The van der Waals surface area contributed by atoms with Gasteiger partial charge >= 0.3 is 0 Å². The zero-order valence-electron chi connectivity index (χ0n) is 7.92. The first kappa shape index (κ1) is 11.8. The van der Waals surface area contributed by atoms with E-state index < -0.39 is 0 Å². The Labute approximate surface area is 97.0 Å². The molecule has 0 radical (unpaired) electrons. The molecule has 0 spiro atoms. The van der Waals surface area contributed by atoms with Crippen molar-refractivity contribution < 1.29 is 4.79 Å². The quantitative estimate of drug-likeness (QED) is 0.474. The predicted octanol–water partition coefficient (Wildman–Crippen LogP) is 1.75. The summed E-state index contributed by atoms with van der Waals surface area (Å²) in [6.07, 6.45) is 0. The molecule has 0 heterocycles. The summed E-state index contributed by atoms with van der Waals surface area (Å²) >= 11 is 11.6. The highest BCUT2D eigenvalue weighted by Crippen LogP contribution is 2.20. The fraction of sp³-hybridized carbons (Fsp3) is 0.111. The minimum absolute atomic E-state index is 0.131. The Balaban J connectivity index is 2.95. The summed E-state index contributed by atoms with van der Waals surface area (Å²) in [5.74, 6) is -0.171. The third-order valence-corrected chi connectivity index (χ3v) is 2.09. The molecule has 0 atom stereocenters. The summed E-state index contributed by atoms with van der Waals surface area (Å²) < 4.78 is 0. The lowest BCUT2D eigenvalue weighted by Crippen LogP contribution is -2.22. The topological polar surface area (TPSA) is 67.5 Å². The molecule has 0 aliphatic carbocycles. The molecule has 6 heteroatoms. The van der Waals surface area contributed by atoms with Crippen LogP contribution < -0.4 is 11.2 Å². The van der Waals surface area contributed by atoms with Gasteiger partial charge in [-0.2, -0.15) is 5.10 Å². The highest BCUT2D eigenvalue weighted by Gasteiger charge is 2.05. The molecule has 0 aromatic heterocycles. The van der Waals surface area contributed by atoms with Crippen LogP contribution in [0, 0.1) is 0 Å². The molecular formula is C9H9Cl2N3O. The standard InChI is InChI=1S/C9H9Cl2N3O/c1-5(15)13-14-9(12)7-3-2-6(10)4-8(7)11/h2-4H,1H3,(H2,12,14)(H,13,15). The molecule has 15 heavy (non-hydrogen) atoms. The van der Waals surface area contributed by atoms with E-state index in [1.807, 2.05) is 0 Å². The summed E-state index contributed by atoms with van der Waals surface area (Å²) in [4.78, 5) is 10.6. The number of nitrogens with two attached hydrogens (primary N) is 1. The highest BCUT2D eigenvalue weighted by atomic mass is 35.5. The first-order valence-electron chi connectivity index (χ1n) is 4.06. The molecule has 1 aromatic rings. The van der Waals surface area contributed by atoms with Crippen molar-refractivity contribution in [2.75, 3.05) is 0 Å². The van der Waals surface area contributed by atoms with E-state index >= 15 is 0 Å². The number of amides is 1. The number of carbonyl (C=O) groups excluding carboxylic acids is 1. The van der Waals surface area contributed by atoms with E-state index in [4.69, 9.17) is 28.9 Å². The van der Waals surface area contributed by atoms with Gasteiger partial charge in [-0.3, -0.25) is 4.79 Å². The molecule has 4 nitrogen and oxygen atoms in total. The second-order valence-electron chi connectivity index (χ2n) is 2.79. The Morgan fingerprint density at radius 1 is 1.47 bits per heavy atom. The first-order chi connectivity index (χ1) is 7.00. The fourth-order valence-electron chi connectivity index (χ4n) is 0.896. The summed E-state index contributed by atoms with van der Waals surface area (Å²) in [6, 6.07) is 4.82. The van der Waals surface area contributed by atoms with E-state index in [0.29, 0.717) is 15.6 Å². The molecule has 0 fully saturated rings. The Morgan fingerprint density at radius 3 is 2.67 bits per heavy atom. The lowest BCUT2D eigenvalue weighted by Gasteiger charge is -2.03. The van der Waals surface area contributed by atoms with Crippen LogP contribution in [0.1, 0.15) is 12.5 Å². The van der Waals surface area contributed by atoms with E-state index in [0.717, 1.165) is 0 Å². The molecule has 1 aromatic carbocycles. The zero-order valence-corrected chi connectivity index (χ0v) is 9.43. The van der Waals surface area contributed by atoms with Gasteiger partial charge in [0.2, 0.25) is 5.91 Å². The maximum Gasteiger partial charge on any atom is 0.237 e. The molecule has 1 rings (SSSR count). The van der Waals surface area contributed by atoms with Crippen molar-refractivity contribution in [3.8, 4) is 0 Å². The Kier molecular flexibility index (Phi) is 3.94. The zero-order chi connectivity index (χ0) is 11.4. The van der Waals surface area contributed by atoms with Crippen LogP contribution in [0.25, 0.3) is 0 Å². The van der Waals surface area contributed by atoms with E-state index in [1.165, 1.54) is 6.92 Å². The van der Waals surface area contributed by atoms with Crippen molar-refractivity contribution in [2.45, 2.75) is 6.92 Å². The van der Waals surface area contributed by atoms with Crippen molar-refractivity contribution in [3.05, 3.63) is 33.8 Å². The summed E-state index contributed by atoms with van der Waals surface area (Å²) in [5.41, 5.74) is 8.34. The second kappa shape index (κ2) is 5.00. The number of benzene rings is 1. The average Bonchev–Trinajstić information content (AvgIpc) is 2.14. The lowest BCUT2D eigenvalue weighted by molar-refractivity contribution is -0.118. The number of hydrazone groups is 1. The lowest BCUT2D eigenvalue weighted by atomic mass is 10.2. The van der Waals surface area contributed by atoms with Crippen LogP contribution in [0.5, 0.6) is 0 Å². The predicted molar refractivity (Wildman–Crippen MR) is 61.0 cm³/mol. The maximum absolute atomic E-state index is 10.6. The van der Waals surface area contributed by atoms with Crippen LogP contribution in [0.2, 0.25) is 10.0 Å². The van der Waals surface area contributed by atoms with Crippen LogP contribution >= 0.6 is 23.2 Å². The summed E-state index contributed by atoms with van der Waals surface area (Å²) in [6.45, 7) is 1.33. The van der Waals surface area contributed by atoms with Crippen LogP contribution in [-0.2, 0) is 4.79 Å². The number of halogens is 2. The average molecular weight is 246 g/mol. The van der Waals surface area contributed by atoms with Crippen molar-refractivity contribution in [3.63, 3.8) is 0 Å². The van der Waals surface area contributed by atoms with Gasteiger partial charge in [0, 0.05) is 17.5 Å². The second-order valence-corrected chi connectivity index (χ2v) is 3.63. The number of hydrogen-bond acceptors (Lipinski definition) is 2. The largest absolute Gasteiger partial charge is 0.382 e. The molecule has 3 N–H and O–H groups in total. The molecule has 0 aliphatic rings. The fourth-order valence-corrected chi connectivity index (χ4v) is 1.40. The van der Waals surface area contributed by atoms with Crippen molar-refractivity contribution >= 4 is 34.9 Å². The van der Waals surface area contributed by atoms with Gasteiger partial charge < -0.3 is 5.73 Å². The number of rotatable bonds is 2. The van der Waals surface area contributed by atoms with Gasteiger partial charge in [0.25, 0.3) is 0 Å². The molecule has 80 valence electrons. The number of amidine groups is 1. The molecule has 0 saturated heterocycles. The van der Waals surface area contributed by atoms with E-state index in [1.54, 1.807) is 18.2 Å². The van der Waals surface area contributed by atoms with Crippen LogP contribution in [0.15, 0.2) is 23.3 Å². The Bertz CT molecular complexity index is 418. The van der Waals surface area contributed by atoms with Crippen molar-refractivity contribution in [2.24, 2.45) is 10.8 Å². The number of hydrogen-bond donors (Lipinski definition) is 2. The van der Waals surface area contributed by atoms with E-state index in [2.05, 4.69) is 10.5 Å². The number of carbonyl (C=O) groups is 1. The van der Waals surface area contributed by atoms with Gasteiger partial charge in [-0.05, 0) is 18.2 Å². The third-order valence-electron chi connectivity index (χ3n) is 1.54. The van der Waals surface area contributed by atoms with Crippen LogP contribution in [-0.4, -0.2) is 11.7 Å². The summed E-state index contributed by atoms with van der Waals surface area (Å²) in [5, 5.41) is 4.55. The van der Waals surface area contributed by atoms with Gasteiger partial charge in [-0.15, -0.1) is 0 Å². The number of nitrogens with zero attached hydrogens (tertiary/aromatic N) is 1. The molecule has 0 saturated carbocycles. The minimum atomic E-state index is -0.303. The van der Waals surface area contributed by atoms with E-state index in [-0.39, 0.29) is 11.7 Å². The van der Waals surface area contributed by atoms with Gasteiger partial charge in [0.15, 0.2) is 5.84 Å². The summed E-state index contributed by atoms with van der Waals surface area (Å²) in [7, 11) is 0. The SMILES string of the molecule is CC(=O)N/N=C(/N)c1ccc(Cl)cc1Cl. The molecule has 0 bridgehead atoms. The molecule has 0 unspecified atom stereocenters. The molecule has 1 amide bonds. The molecule has 0 aliphatic heterocycles. The van der Waals surface area contributed by atoms with Gasteiger partial charge in [0.1, 0.15) is 0 Å². The van der Waals surface area contributed by atoms with Gasteiger partial charge in [-0.25, -0.2) is 5.43 Å². The van der Waals surface area contributed by atoms with Crippen LogP contribution in [0.3, 0.4) is 0 Å². The minimum Gasteiger partial charge on any atom is -0.382 e. The van der Waals surface area contributed by atoms with Gasteiger partial charge in [-0.1, -0.05) is 23.2 Å². The first-order valence-corrected chi connectivity index (χ1v) is 4.81. The normalized spacial score (nSPS) is 11.3. The third kappa shape index (κ3) is 3.42. The van der Waals surface area contributed by atoms with Crippen molar-refractivity contribution in [1.82, 2.24) is 5.43 Å². The van der Waals surface area contributed by atoms with Crippen LogP contribution in [0.4, 0.5) is 0 Å². The Hall–Kier alpha value is -1.26. The molecular weight excluding hydrogens is 237 g/mol. The highest BCUT2D eigenvalue weighted by molar-refractivity contribution is 6.36. The monoisotopic (exact) mass is 245 g/mol. The Morgan fingerprint density at radius 2 is 2.13 bits per heavy atom. The van der Waals surface area contributed by atoms with Crippen molar-refractivity contribution in [1.29, 1.82) is 0 Å².